The first-order valence-corrected chi connectivity index (χ1v) is 8.32. The molecule has 2 unspecified atom stereocenters. The normalized spacial score (nSPS) is 20.6. The zero-order chi connectivity index (χ0) is 16.9. The van der Waals surface area contributed by atoms with Crippen LogP contribution >= 0.6 is 0 Å². The number of amides is 1. The summed E-state index contributed by atoms with van der Waals surface area (Å²) in [4.78, 5) is 12.4. The van der Waals surface area contributed by atoms with E-state index in [1.54, 1.807) is 24.2 Å². The molecule has 2 aromatic rings. The predicted octanol–water partition coefficient (Wildman–Crippen LogP) is 1.67. The molecule has 2 atom stereocenters. The number of hydrogen-bond donors (Lipinski definition) is 2. The van der Waals surface area contributed by atoms with Crippen LogP contribution in [0.3, 0.4) is 0 Å². The van der Waals surface area contributed by atoms with E-state index < -0.39 is 0 Å². The Morgan fingerprint density at radius 3 is 2.92 bits per heavy atom. The van der Waals surface area contributed by atoms with E-state index in [2.05, 4.69) is 22.7 Å². The van der Waals surface area contributed by atoms with Gasteiger partial charge in [-0.05, 0) is 43.1 Å². The average Bonchev–Trinajstić information content (AvgIpc) is 3.06. The lowest BCUT2D eigenvalue weighted by molar-refractivity contribution is 0.0914. The quantitative estimate of drug-likeness (QED) is 0.876. The third-order valence-electron chi connectivity index (χ3n) is 4.50. The molecular weight excluding hydrogens is 304 g/mol. The van der Waals surface area contributed by atoms with Crippen molar-refractivity contribution < 1.29 is 9.53 Å². The second-order valence-electron chi connectivity index (χ2n) is 6.32. The van der Waals surface area contributed by atoms with E-state index in [1.807, 2.05) is 24.3 Å². The molecular formula is C18H24N4O2. The van der Waals surface area contributed by atoms with Crippen LogP contribution in [-0.2, 0) is 6.54 Å². The Labute approximate surface area is 142 Å². The molecule has 2 heterocycles. The minimum absolute atomic E-state index is 0.0465. The SMILES string of the molecule is COc1ccc(Cn2cc(C(=O)NC3CCNCC3C)cn2)cc1. The van der Waals surface area contributed by atoms with Crippen LogP contribution in [-0.4, -0.2) is 41.9 Å². The molecule has 1 aromatic carbocycles. The van der Waals surface area contributed by atoms with E-state index >= 15 is 0 Å². The van der Waals surface area contributed by atoms with Gasteiger partial charge in [0, 0.05) is 12.2 Å². The standard InChI is InChI=1S/C18H24N4O2/c1-13-9-19-8-7-17(13)21-18(23)15-10-20-22(12-15)11-14-3-5-16(24-2)6-4-14/h3-6,10,12-13,17,19H,7-9,11H2,1-2H3,(H,21,23). The highest BCUT2D eigenvalue weighted by atomic mass is 16.5. The maximum absolute atomic E-state index is 12.4. The molecule has 0 saturated carbocycles. The highest BCUT2D eigenvalue weighted by molar-refractivity contribution is 5.93. The maximum atomic E-state index is 12.4. The summed E-state index contributed by atoms with van der Waals surface area (Å²) in [5.74, 6) is 1.22. The molecule has 1 aliphatic rings. The van der Waals surface area contributed by atoms with Gasteiger partial charge in [-0.3, -0.25) is 9.48 Å². The highest BCUT2D eigenvalue weighted by Gasteiger charge is 2.23. The molecule has 0 bridgehead atoms. The second kappa shape index (κ2) is 7.49. The first-order valence-electron chi connectivity index (χ1n) is 8.32. The third-order valence-corrected chi connectivity index (χ3v) is 4.50. The maximum Gasteiger partial charge on any atom is 0.254 e. The second-order valence-corrected chi connectivity index (χ2v) is 6.32. The Bertz CT molecular complexity index is 681. The number of carbonyl (C=O) groups excluding carboxylic acids is 1. The lowest BCUT2D eigenvalue weighted by Gasteiger charge is -2.30. The van der Waals surface area contributed by atoms with E-state index in [-0.39, 0.29) is 11.9 Å². The van der Waals surface area contributed by atoms with E-state index in [0.29, 0.717) is 18.0 Å². The number of nitrogens with one attached hydrogen (secondary N) is 2. The molecule has 6 heteroatoms. The van der Waals surface area contributed by atoms with E-state index in [0.717, 1.165) is 30.8 Å². The van der Waals surface area contributed by atoms with Crippen molar-refractivity contribution in [2.45, 2.75) is 25.9 Å². The van der Waals surface area contributed by atoms with Crippen molar-refractivity contribution in [3.05, 3.63) is 47.8 Å². The molecule has 0 spiro atoms. The molecule has 1 fully saturated rings. The lowest BCUT2D eigenvalue weighted by Crippen LogP contribution is -2.48. The first-order chi connectivity index (χ1) is 11.7. The van der Waals surface area contributed by atoms with Crippen molar-refractivity contribution >= 4 is 5.91 Å². The molecule has 1 saturated heterocycles. The summed E-state index contributed by atoms with van der Waals surface area (Å²) >= 11 is 0. The molecule has 128 valence electrons. The zero-order valence-corrected chi connectivity index (χ0v) is 14.2. The van der Waals surface area contributed by atoms with E-state index in [1.165, 1.54) is 0 Å². The smallest absolute Gasteiger partial charge is 0.254 e. The highest BCUT2D eigenvalue weighted by Crippen LogP contribution is 2.13. The molecule has 24 heavy (non-hydrogen) atoms. The van der Waals surface area contributed by atoms with Crippen LogP contribution in [0.15, 0.2) is 36.7 Å². The topological polar surface area (TPSA) is 68.2 Å². The van der Waals surface area contributed by atoms with Crippen LogP contribution in [0.1, 0.15) is 29.3 Å². The zero-order valence-electron chi connectivity index (χ0n) is 14.2. The number of aromatic nitrogens is 2. The number of ether oxygens (including phenoxy) is 1. The van der Waals surface area contributed by atoms with Gasteiger partial charge in [0.25, 0.3) is 5.91 Å². The fourth-order valence-electron chi connectivity index (χ4n) is 2.97. The van der Waals surface area contributed by atoms with Gasteiger partial charge in [-0.2, -0.15) is 5.10 Å². The van der Waals surface area contributed by atoms with E-state index in [4.69, 9.17) is 4.74 Å². The predicted molar refractivity (Wildman–Crippen MR) is 92.2 cm³/mol. The Morgan fingerprint density at radius 2 is 2.21 bits per heavy atom. The fourth-order valence-corrected chi connectivity index (χ4v) is 2.97. The average molecular weight is 328 g/mol. The summed E-state index contributed by atoms with van der Waals surface area (Å²) in [5, 5.41) is 10.8. The molecule has 2 N–H and O–H groups in total. The van der Waals surface area contributed by atoms with Crippen molar-refractivity contribution in [3.63, 3.8) is 0 Å². The molecule has 1 aromatic heterocycles. The van der Waals surface area contributed by atoms with Gasteiger partial charge in [0.2, 0.25) is 0 Å². The number of carbonyl (C=O) groups is 1. The van der Waals surface area contributed by atoms with E-state index in [9.17, 15) is 4.79 Å². The minimum Gasteiger partial charge on any atom is -0.497 e. The summed E-state index contributed by atoms with van der Waals surface area (Å²) in [6.45, 7) is 4.68. The van der Waals surface area contributed by atoms with Gasteiger partial charge < -0.3 is 15.4 Å². The van der Waals surface area contributed by atoms with Crippen molar-refractivity contribution in [3.8, 4) is 5.75 Å². The number of rotatable bonds is 5. The number of hydrogen-bond acceptors (Lipinski definition) is 4. The van der Waals surface area contributed by atoms with Gasteiger partial charge in [-0.1, -0.05) is 19.1 Å². The van der Waals surface area contributed by atoms with Crippen LogP contribution < -0.4 is 15.4 Å². The van der Waals surface area contributed by atoms with Crippen molar-refractivity contribution in [1.82, 2.24) is 20.4 Å². The molecule has 1 aliphatic heterocycles. The molecule has 3 rings (SSSR count). The molecule has 1 amide bonds. The first kappa shape index (κ1) is 16.5. The summed E-state index contributed by atoms with van der Waals surface area (Å²) in [5.41, 5.74) is 1.71. The third kappa shape index (κ3) is 3.94. The molecule has 0 aliphatic carbocycles. The Morgan fingerprint density at radius 1 is 1.42 bits per heavy atom. The van der Waals surface area contributed by atoms with Crippen LogP contribution in [0.2, 0.25) is 0 Å². The van der Waals surface area contributed by atoms with Gasteiger partial charge in [-0.15, -0.1) is 0 Å². The van der Waals surface area contributed by atoms with Gasteiger partial charge in [-0.25, -0.2) is 0 Å². The monoisotopic (exact) mass is 328 g/mol. The van der Waals surface area contributed by atoms with Crippen molar-refractivity contribution in [1.29, 1.82) is 0 Å². The summed E-state index contributed by atoms with van der Waals surface area (Å²) in [6, 6.07) is 8.06. The van der Waals surface area contributed by atoms with Gasteiger partial charge >= 0.3 is 0 Å². The minimum atomic E-state index is -0.0465. The molecule has 6 nitrogen and oxygen atoms in total. The summed E-state index contributed by atoms with van der Waals surface area (Å²) in [6.07, 6.45) is 4.39. The number of benzene rings is 1. The van der Waals surface area contributed by atoms with Crippen LogP contribution in [0, 0.1) is 5.92 Å². The van der Waals surface area contributed by atoms with Gasteiger partial charge in [0.15, 0.2) is 0 Å². The van der Waals surface area contributed by atoms with Gasteiger partial charge in [0.1, 0.15) is 5.75 Å². The van der Waals surface area contributed by atoms with Gasteiger partial charge in [0.05, 0.1) is 25.4 Å². The molecule has 0 radical (unpaired) electrons. The van der Waals surface area contributed by atoms with Crippen LogP contribution in [0.25, 0.3) is 0 Å². The number of nitrogens with zero attached hydrogens (tertiary/aromatic N) is 2. The Kier molecular flexibility index (Phi) is 5.15. The summed E-state index contributed by atoms with van der Waals surface area (Å²) in [7, 11) is 1.65. The Balaban J connectivity index is 1.60. The van der Waals surface area contributed by atoms with Crippen molar-refractivity contribution in [2.75, 3.05) is 20.2 Å². The lowest BCUT2D eigenvalue weighted by atomic mass is 9.95. The van der Waals surface area contributed by atoms with Crippen LogP contribution in [0.4, 0.5) is 0 Å². The summed E-state index contributed by atoms with van der Waals surface area (Å²) < 4.78 is 6.94. The fraction of sp³-hybridized carbons (Fsp3) is 0.444. The van der Waals surface area contributed by atoms with Crippen LogP contribution in [0.5, 0.6) is 5.75 Å². The van der Waals surface area contributed by atoms with Crippen molar-refractivity contribution in [2.24, 2.45) is 5.92 Å². The largest absolute Gasteiger partial charge is 0.497 e. The Hall–Kier alpha value is -2.34. The number of methoxy groups -OCH3 is 1. The number of piperidine rings is 1.